The van der Waals surface area contributed by atoms with Gasteiger partial charge < -0.3 is 15.1 Å². The summed E-state index contributed by atoms with van der Waals surface area (Å²) in [6.45, 7) is 3.88. The van der Waals surface area contributed by atoms with E-state index in [4.69, 9.17) is 39.8 Å². The number of carbonyl (C=O) groups is 1. The van der Waals surface area contributed by atoms with Crippen LogP contribution in [0.25, 0.3) is 0 Å². The van der Waals surface area contributed by atoms with Gasteiger partial charge in [0, 0.05) is 59.4 Å². The number of piperazine rings is 1. The van der Waals surface area contributed by atoms with Crippen LogP contribution in [0.2, 0.25) is 15.1 Å². The molecule has 1 saturated heterocycles. The van der Waals surface area contributed by atoms with E-state index in [0.29, 0.717) is 26.6 Å². The van der Waals surface area contributed by atoms with Gasteiger partial charge in [0.2, 0.25) is 5.95 Å². The number of carbonyl (C=O) groups excluding carboxylic acids is 1. The van der Waals surface area contributed by atoms with Crippen molar-refractivity contribution in [1.82, 2.24) is 20.2 Å². The molecule has 5 rings (SSSR count). The summed E-state index contributed by atoms with van der Waals surface area (Å²) in [4.78, 5) is 28.0. The number of aromatic nitrogens is 2. The van der Waals surface area contributed by atoms with Crippen molar-refractivity contribution in [3.8, 4) is 0 Å². The van der Waals surface area contributed by atoms with Gasteiger partial charge in [-0.2, -0.15) is 0 Å². The third-order valence-electron chi connectivity index (χ3n) is 7.57. The zero-order chi connectivity index (χ0) is 26.0. The molecule has 1 aliphatic heterocycles. The van der Waals surface area contributed by atoms with Gasteiger partial charge in [0.25, 0.3) is 5.91 Å². The number of hydrogen-bond donors (Lipinski definition) is 1. The Labute approximate surface area is 232 Å². The van der Waals surface area contributed by atoms with E-state index in [9.17, 15) is 4.79 Å². The first-order valence-electron chi connectivity index (χ1n) is 12.6. The van der Waals surface area contributed by atoms with Gasteiger partial charge in [-0.15, -0.1) is 0 Å². The number of amides is 1. The first-order valence-corrected chi connectivity index (χ1v) is 13.8. The molecule has 1 amide bonds. The summed E-state index contributed by atoms with van der Waals surface area (Å²) >= 11 is 18.6. The molecular weight excluding hydrogens is 529 g/mol. The molecule has 1 aromatic heterocycles. The molecule has 1 aliphatic carbocycles. The summed E-state index contributed by atoms with van der Waals surface area (Å²) in [5, 5.41) is 4.80. The van der Waals surface area contributed by atoms with Gasteiger partial charge in [-0.1, -0.05) is 65.8 Å². The Balaban J connectivity index is 1.53. The van der Waals surface area contributed by atoms with Gasteiger partial charge in [0.1, 0.15) is 0 Å². The van der Waals surface area contributed by atoms with Crippen molar-refractivity contribution in [2.24, 2.45) is 0 Å². The van der Waals surface area contributed by atoms with Crippen LogP contribution in [-0.2, 0) is 12.0 Å². The van der Waals surface area contributed by atoms with E-state index >= 15 is 0 Å². The molecule has 0 radical (unpaired) electrons. The summed E-state index contributed by atoms with van der Waals surface area (Å²) in [5.41, 5.74) is 2.84. The second-order valence-corrected chi connectivity index (χ2v) is 11.2. The Bertz CT molecular complexity index is 1270. The van der Waals surface area contributed by atoms with E-state index in [1.165, 1.54) is 0 Å². The van der Waals surface area contributed by atoms with Crippen LogP contribution in [0.5, 0.6) is 0 Å². The molecule has 1 N–H and O–H groups in total. The molecule has 2 aromatic carbocycles. The predicted molar refractivity (Wildman–Crippen MR) is 150 cm³/mol. The van der Waals surface area contributed by atoms with Crippen LogP contribution >= 0.6 is 34.8 Å². The molecule has 0 bridgehead atoms. The maximum absolute atomic E-state index is 13.6. The molecule has 9 heteroatoms. The molecule has 0 atom stereocenters. The molecule has 37 heavy (non-hydrogen) atoms. The maximum atomic E-state index is 13.6. The smallest absolute Gasteiger partial charge is 0.255 e. The van der Waals surface area contributed by atoms with Crippen molar-refractivity contribution in [3.63, 3.8) is 0 Å². The van der Waals surface area contributed by atoms with E-state index in [2.05, 4.69) is 39.3 Å². The molecule has 6 nitrogen and oxygen atoms in total. The van der Waals surface area contributed by atoms with E-state index in [-0.39, 0.29) is 17.9 Å². The number of benzene rings is 2. The van der Waals surface area contributed by atoms with Crippen molar-refractivity contribution < 1.29 is 4.79 Å². The third-order valence-corrected chi connectivity index (χ3v) is 8.41. The van der Waals surface area contributed by atoms with E-state index in [1.54, 1.807) is 18.3 Å². The van der Waals surface area contributed by atoms with Crippen molar-refractivity contribution in [2.45, 2.75) is 37.6 Å². The van der Waals surface area contributed by atoms with Crippen molar-refractivity contribution in [1.29, 1.82) is 0 Å². The lowest BCUT2D eigenvalue weighted by Gasteiger charge is -2.35. The molecule has 3 aromatic rings. The van der Waals surface area contributed by atoms with Crippen LogP contribution in [0.3, 0.4) is 0 Å². The molecular formula is C28H30Cl3N5O. The maximum Gasteiger partial charge on any atom is 0.255 e. The van der Waals surface area contributed by atoms with Gasteiger partial charge in [-0.25, -0.2) is 9.97 Å². The molecule has 0 unspecified atom stereocenters. The van der Waals surface area contributed by atoms with Crippen LogP contribution in [0, 0.1) is 0 Å². The standard InChI is InChI=1S/C28H30Cl3N5O/c1-35-12-14-36(15-13-35)27-33-18-23(26(37)32-17-19-4-7-22(30)16-24(19)31)25(34-27)28(10-2-3-11-28)20-5-8-21(29)9-6-20/h4-9,16,18H,2-3,10-15,17H2,1H3,(H,32,37). The minimum Gasteiger partial charge on any atom is -0.348 e. The number of hydrogen-bond acceptors (Lipinski definition) is 5. The highest BCUT2D eigenvalue weighted by Crippen LogP contribution is 2.47. The average molecular weight is 559 g/mol. The first kappa shape index (κ1) is 26.2. The van der Waals surface area contributed by atoms with Gasteiger partial charge >= 0.3 is 0 Å². The topological polar surface area (TPSA) is 61.4 Å². The van der Waals surface area contributed by atoms with Crippen molar-refractivity contribution in [3.05, 3.63) is 86.1 Å². The fourth-order valence-corrected chi connectivity index (χ4v) is 6.01. The summed E-state index contributed by atoms with van der Waals surface area (Å²) in [7, 11) is 2.12. The minimum atomic E-state index is -0.376. The van der Waals surface area contributed by atoms with Crippen molar-refractivity contribution >= 4 is 46.7 Å². The Morgan fingerprint density at radius 1 is 0.973 bits per heavy atom. The lowest BCUT2D eigenvalue weighted by atomic mass is 9.74. The first-order chi connectivity index (χ1) is 17.9. The molecule has 2 fully saturated rings. The van der Waals surface area contributed by atoms with Crippen LogP contribution in [0.1, 0.15) is 52.9 Å². The highest BCUT2D eigenvalue weighted by molar-refractivity contribution is 6.35. The minimum absolute atomic E-state index is 0.216. The number of halogens is 3. The number of rotatable bonds is 6. The Hall–Kier alpha value is -2.38. The monoisotopic (exact) mass is 557 g/mol. The Morgan fingerprint density at radius 2 is 1.65 bits per heavy atom. The largest absolute Gasteiger partial charge is 0.348 e. The van der Waals surface area contributed by atoms with Gasteiger partial charge in [-0.05, 0) is 55.3 Å². The lowest BCUT2D eigenvalue weighted by Crippen LogP contribution is -2.45. The number of likely N-dealkylation sites (N-methyl/N-ethyl adjacent to an activating group) is 1. The molecule has 1 saturated carbocycles. The zero-order valence-electron chi connectivity index (χ0n) is 20.8. The fourth-order valence-electron chi connectivity index (χ4n) is 5.41. The van der Waals surface area contributed by atoms with Crippen LogP contribution < -0.4 is 10.2 Å². The van der Waals surface area contributed by atoms with Crippen LogP contribution in [0.4, 0.5) is 5.95 Å². The quantitative estimate of drug-likeness (QED) is 0.403. The fraction of sp³-hybridized carbons (Fsp3) is 0.393. The second kappa shape index (κ2) is 11.2. The molecule has 2 aliphatic rings. The van der Waals surface area contributed by atoms with Gasteiger partial charge in [0.05, 0.1) is 11.3 Å². The Kier molecular flexibility index (Phi) is 7.91. The van der Waals surface area contributed by atoms with E-state index in [1.807, 2.05) is 18.2 Å². The van der Waals surface area contributed by atoms with Gasteiger partial charge in [-0.3, -0.25) is 4.79 Å². The number of nitrogens with one attached hydrogen (secondary N) is 1. The molecule has 0 spiro atoms. The summed E-state index contributed by atoms with van der Waals surface area (Å²) < 4.78 is 0. The van der Waals surface area contributed by atoms with E-state index in [0.717, 1.165) is 68.7 Å². The summed E-state index contributed by atoms with van der Waals surface area (Å²) in [6, 6.07) is 13.2. The average Bonchev–Trinajstić information content (AvgIpc) is 3.40. The Morgan fingerprint density at radius 3 is 2.32 bits per heavy atom. The van der Waals surface area contributed by atoms with Crippen LogP contribution in [-0.4, -0.2) is 54.0 Å². The summed E-state index contributed by atoms with van der Waals surface area (Å²) in [5.74, 6) is 0.465. The highest BCUT2D eigenvalue weighted by Gasteiger charge is 2.42. The number of anilines is 1. The number of nitrogens with zero attached hydrogens (tertiary/aromatic N) is 4. The van der Waals surface area contributed by atoms with Crippen LogP contribution in [0.15, 0.2) is 48.7 Å². The SMILES string of the molecule is CN1CCN(c2ncc(C(=O)NCc3ccc(Cl)cc3Cl)c(C3(c4ccc(Cl)cc4)CCCC3)n2)CC1. The third kappa shape index (κ3) is 5.58. The lowest BCUT2D eigenvalue weighted by molar-refractivity contribution is 0.0947. The van der Waals surface area contributed by atoms with Crippen molar-refractivity contribution in [2.75, 3.05) is 38.1 Å². The van der Waals surface area contributed by atoms with E-state index < -0.39 is 0 Å². The highest BCUT2D eigenvalue weighted by atomic mass is 35.5. The molecule has 2 heterocycles. The normalized spacial score (nSPS) is 17.7. The summed E-state index contributed by atoms with van der Waals surface area (Å²) in [6.07, 6.45) is 5.66. The predicted octanol–water partition coefficient (Wildman–Crippen LogP) is 5.98. The van der Waals surface area contributed by atoms with Gasteiger partial charge in [0.15, 0.2) is 0 Å². The zero-order valence-corrected chi connectivity index (χ0v) is 23.1. The second-order valence-electron chi connectivity index (χ2n) is 9.94. The molecule has 194 valence electrons.